The first-order valence-corrected chi connectivity index (χ1v) is 14.8. The number of rotatable bonds is 30. The van der Waals surface area contributed by atoms with Gasteiger partial charge in [0.1, 0.15) is 26.4 Å². The minimum Gasteiger partial charge on any atom is -0.387 e. The molecule has 0 spiro atoms. The summed E-state index contributed by atoms with van der Waals surface area (Å²) in [6, 6.07) is 0. The van der Waals surface area contributed by atoms with Crippen LogP contribution in [0.25, 0.3) is 0 Å². The maximum atomic E-state index is 15.5. The van der Waals surface area contributed by atoms with Gasteiger partial charge in [-0.1, -0.05) is 0 Å². The topological polar surface area (TPSA) is 164 Å². The first kappa shape index (κ1) is 66.1. The van der Waals surface area contributed by atoms with Gasteiger partial charge in [0.2, 0.25) is 0 Å². The Morgan fingerprint density at radius 2 is 0.290 bits per heavy atom. The Hall–Kier alpha value is -2.90. The Balaban J connectivity index is 8.64. The molecule has 47 heteroatoms. The molecule has 0 radical (unpaired) electrons. The number of alkyl halides is 34. The fourth-order valence-electron chi connectivity index (χ4n) is 3.03. The number of halogens is 34. The second-order valence-electron chi connectivity index (χ2n) is 11.5. The molecule has 0 saturated heterocycles. The molecule has 0 saturated carbocycles. The first-order valence-electron chi connectivity index (χ1n) is 14.8. The van der Waals surface area contributed by atoms with Gasteiger partial charge < -0.3 is 20.4 Å². The largest absolute Gasteiger partial charge is 0.453 e. The molecule has 13 nitrogen and oxygen atoms in total. The van der Waals surface area contributed by atoms with Crippen LogP contribution >= 0.6 is 0 Å². The van der Waals surface area contributed by atoms with E-state index in [9.17, 15) is 123 Å². The summed E-state index contributed by atoms with van der Waals surface area (Å²) < 4.78 is 488. The van der Waals surface area contributed by atoms with E-state index in [0.29, 0.717) is 0 Å². The second-order valence-corrected chi connectivity index (χ2v) is 11.5. The zero-order chi connectivity index (χ0) is 56.2. The summed E-state index contributed by atoms with van der Waals surface area (Å²) in [4.78, 5) is 0. The van der Waals surface area contributed by atoms with E-state index in [4.69, 9.17) is 20.4 Å². The van der Waals surface area contributed by atoms with E-state index < -0.39 is 136 Å². The summed E-state index contributed by atoms with van der Waals surface area (Å²) in [6.45, 7) is -13.8. The summed E-state index contributed by atoms with van der Waals surface area (Å²) in [5.41, 5.74) is 0. The van der Waals surface area contributed by atoms with Crippen LogP contribution in [0.15, 0.2) is 0 Å². The monoisotopic (exact) mass is 1130 g/mol. The van der Waals surface area contributed by atoms with Gasteiger partial charge in [-0.25, -0.2) is 33.2 Å². The average Bonchev–Trinajstić information content (AvgIpc) is 3.07. The smallest absolute Gasteiger partial charge is 0.387 e. The van der Waals surface area contributed by atoms with E-state index in [1.807, 2.05) is 0 Å². The third-order valence-corrected chi connectivity index (χ3v) is 6.01. The molecule has 2 unspecified atom stereocenters. The molecule has 69 heavy (non-hydrogen) atoms. The van der Waals surface area contributed by atoms with Gasteiger partial charge in [-0.15, -0.1) is 0 Å². The zero-order valence-electron chi connectivity index (χ0n) is 30.1. The molecule has 0 heterocycles. The molecular weight excluding hydrogens is 1120 g/mol. The maximum absolute atomic E-state index is 15.5. The molecule has 0 aliphatic rings. The Morgan fingerprint density at radius 1 is 0.174 bits per heavy atom. The molecular formula is C22H12F34O13. The molecule has 0 aliphatic heterocycles. The highest BCUT2D eigenvalue weighted by Gasteiger charge is 2.89. The summed E-state index contributed by atoms with van der Waals surface area (Å²) in [6.07, 6.45) is -131. The average molecular weight is 1130 g/mol. The molecule has 4 N–H and O–H groups in total. The van der Waals surface area contributed by atoms with Crippen LogP contribution in [0.4, 0.5) is 149 Å². The molecule has 0 aromatic carbocycles. The predicted molar refractivity (Wildman–Crippen MR) is 125 cm³/mol. The van der Waals surface area contributed by atoms with Crippen LogP contribution in [0, 0.1) is 0 Å². The van der Waals surface area contributed by atoms with Gasteiger partial charge in [-0.2, -0.15) is 149 Å². The Bertz CT molecular complexity index is 1590. The molecule has 0 amide bonds. The van der Waals surface area contributed by atoms with E-state index in [0.717, 1.165) is 23.7 Å². The highest BCUT2D eigenvalue weighted by Crippen LogP contribution is 2.61. The van der Waals surface area contributed by atoms with Crippen LogP contribution in [-0.2, 0) is 42.6 Å². The van der Waals surface area contributed by atoms with E-state index in [2.05, 4.69) is 0 Å². The minimum absolute atomic E-state index is 0.851. The van der Waals surface area contributed by atoms with Gasteiger partial charge in [0.05, 0.1) is 0 Å². The molecule has 0 aromatic heterocycles. The zero-order valence-corrected chi connectivity index (χ0v) is 30.1. The fraction of sp³-hybridized carbons (Fsp3) is 1.00. The molecule has 0 rings (SSSR count). The van der Waals surface area contributed by atoms with Gasteiger partial charge in [-0.3, -0.25) is 9.47 Å². The number of hydrogen-bond donors (Lipinski definition) is 4. The van der Waals surface area contributed by atoms with Crippen molar-refractivity contribution in [3.63, 3.8) is 0 Å². The van der Waals surface area contributed by atoms with Crippen molar-refractivity contribution in [3.8, 4) is 0 Å². The van der Waals surface area contributed by atoms with Crippen LogP contribution < -0.4 is 0 Å². The summed E-state index contributed by atoms with van der Waals surface area (Å²) in [5, 5.41) is 32.3. The lowest BCUT2D eigenvalue weighted by molar-refractivity contribution is -0.621. The van der Waals surface area contributed by atoms with Gasteiger partial charge in [0.15, 0.2) is 0 Å². The SMILES string of the molecule is OCC(F)(F)OC(F)(F)C(F)(F)OC(F)(F)C(F)(OC(F)(F)C(F)(F)OC(F)(F)CO)C(F)(F)OC(F)(F)C(F)(OC(F)(F)C(F)(F)OC(F)(F)CO)C(F)(F)OC(F)(F)C(F)(F)OC(F)(F)CO. The third-order valence-electron chi connectivity index (χ3n) is 6.01. The third kappa shape index (κ3) is 14.2. The fourth-order valence-corrected chi connectivity index (χ4v) is 3.03. The van der Waals surface area contributed by atoms with Crippen molar-refractivity contribution in [3.05, 3.63) is 0 Å². The van der Waals surface area contributed by atoms with Crippen LogP contribution in [0.1, 0.15) is 0 Å². The van der Waals surface area contributed by atoms with Crippen molar-refractivity contribution in [1.82, 2.24) is 0 Å². The number of ether oxygens (including phenoxy) is 9. The van der Waals surface area contributed by atoms with Gasteiger partial charge in [0, 0.05) is 0 Å². The second kappa shape index (κ2) is 19.2. The Morgan fingerprint density at radius 3 is 0.435 bits per heavy atom. The highest BCUT2D eigenvalue weighted by molar-refractivity contribution is 4.97. The molecule has 0 aromatic rings. The van der Waals surface area contributed by atoms with Crippen molar-refractivity contribution in [1.29, 1.82) is 0 Å². The lowest BCUT2D eigenvalue weighted by Gasteiger charge is -2.44. The lowest BCUT2D eigenvalue weighted by atomic mass is 10.2. The predicted octanol–water partition coefficient (Wildman–Crippen LogP) is 7.92. The van der Waals surface area contributed by atoms with Crippen molar-refractivity contribution in [2.45, 2.75) is 109 Å². The summed E-state index contributed by atoms with van der Waals surface area (Å²) in [7, 11) is 0. The van der Waals surface area contributed by atoms with Crippen LogP contribution in [0.5, 0.6) is 0 Å². The number of aliphatic hydroxyl groups excluding tert-OH is 4. The quantitative estimate of drug-likeness (QED) is 0.0514. The minimum atomic E-state index is -9.73. The molecule has 0 fully saturated rings. The standard InChI is InChI=1S/C22H12F34O13/c23-5(24,1-57)61-15(41,42)19(49,50)65-9(31,13(37,38)68-21(53,54)17(45,46)63-7(27,28)3-59)11(33,34)67-12(35,36)10(32,66-20(51,52)16(43,44)62-6(25,26)2-58)14(39,40)69-22(55,56)18(47,48)64-8(29,30)4-60/h57-60H,1-4H2. The first-order chi connectivity index (χ1) is 29.6. The van der Waals surface area contributed by atoms with Crippen molar-refractivity contribution in [2.75, 3.05) is 26.4 Å². The van der Waals surface area contributed by atoms with Crippen LogP contribution in [0.2, 0.25) is 0 Å². The summed E-state index contributed by atoms with van der Waals surface area (Å²) in [5.74, 6) is -19.4. The van der Waals surface area contributed by atoms with E-state index >= 15 is 26.3 Å². The van der Waals surface area contributed by atoms with Gasteiger partial charge >= 0.3 is 109 Å². The molecule has 416 valence electrons. The van der Waals surface area contributed by atoms with E-state index in [1.165, 1.54) is 0 Å². The number of aliphatic hydroxyl groups is 4. The molecule has 2 atom stereocenters. The van der Waals surface area contributed by atoms with Crippen LogP contribution in [0.3, 0.4) is 0 Å². The molecule has 0 aliphatic carbocycles. The Labute approximate surface area is 349 Å². The van der Waals surface area contributed by atoms with Crippen LogP contribution in [-0.4, -0.2) is 156 Å². The Kier molecular flexibility index (Phi) is 18.4. The number of hydrogen-bond acceptors (Lipinski definition) is 13. The van der Waals surface area contributed by atoms with Gasteiger partial charge in [-0.05, 0) is 0 Å². The van der Waals surface area contributed by atoms with Gasteiger partial charge in [0.25, 0.3) is 0 Å². The van der Waals surface area contributed by atoms with Crippen molar-refractivity contribution in [2.24, 2.45) is 0 Å². The van der Waals surface area contributed by atoms with E-state index in [1.54, 1.807) is 18.9 Å². The van der Waals surface area contributed by atoms with E-state index in [-0.39, 0.29) is 0 Å². The highest BCUT2D eigenvalue weighted by atomic mass is 19.4. The normalized spacial score (nSPS) is 17.8. The molecule has 0 bridgehead atoms. The maximum Gasteiger partial charge on any atom is 0.453 e. The van der Waals surface area contributed by atoms with Crippen molar-refractivity contribution < 1.29 is 212 Å². The van der Waals surface area contributed by atoms with Crippen molar-refractivity contribution >= 4 is 0 Å². The lowest BCUT2D eigenvalue weighted by Crippen LogP contribution is -2.72. The summed E-state index contributed by atoms with van der Waals surface area (Å²) >= 11 is 0.